The Morgan fingerprint density at radius 3 is 2.64 bits per heavy atom. The fourth-order valence-corrected chi connectivity index (χ4v) is 2.67. The molecule has 0 spiro atoms. The number of nitrogens with zero attached hydrogens (tertiary/aromatic N) is 5. The van der Waals surface area contributed by atoms with Crippen LogP contribution >= 0.6 is 0 Å². The molecule has 2 amide bonds. The maximum absolute atomic E-state index is 12.4. The topological polar surface area (TPSA) is 69.6 Å². The van der Waals surface area contributed by atoms with Crippen LogP contribution in [0, 0.1) is 5.92 Å². The van der Waals surface area contributed by atoms with E-state index >= 15 is 0 Å². The molecule has 0 unspecified atom stereocenters. The van der Waals surface area contributed by atoms with E-state index in [2.05, 4.69) is 14.9 Å². The molecule has 0 aromatic carbocycles. The van der Waals surface area contributed by atoms with Gasteiger partial charge in [-0.3, -0.25) is 24.5 Å². The van der Waals surface area contributed by atoms with E-state index in [0.717, 1.165) is 12.2 Å². The highest BCUT2D eigenvalue weighted by Crippen LogP contribution is 2.14. The largest absolute Gasteiger partial charge is 0.348 e. The van der Waals surface area contributed by atoms with Crippen LogP contribution in [0.5, 0.6) is 0 Å². The molecule has 7 heteroatoms. The van der Waals surface area contributed by atoms with Crippen molar-refractivity contribution >= 4 is 11.8 Å². The van der Waals surface area contributed by atoms with Gasteiger partial charge in [0.15, 0.2) is 0 Å². The molecule has 0 saturated carbocycles. The normalized spacial score (nSPS) is 19.6. The number of amides is 2. The summed E-state index contributed by atoms with van der Waals surface area (Å²) in [6.45, 7) is 4.65. The van der Waals surface area contributed by atoms with Gasteiger partial charge in [-0.1, -0.05) is 0 Å². The summed E-state index contributed by atoms with van der Waals surface area (Å²) in [5, 5.41) is 0. The maximum atomic E-state index is 12.4. The van der Waals surface area contributed by atoms with Crippen LogP contribution in [-0.4, -0.2) is 76.8 Å². The minimum atomic E-state index is -0.210. The molecular weight excluding hydrogens is 282 g/mol. The number of hydrogen-bond donors (Lipinski definition) is 0. The lowest BCUT2D eigenvalue weighted by Gasteiger charge is -2.25. The van der Waals surface area contributed by atoms with Crippen LogP contribution < -0.4 is 0 Å². The fraction of sp³-hybridized carbons (Fsp3) is 0.600. The highest BCUT2D eigenvalue weighted by atomic mass is 16.2. The minimum absolute atomic E-state index is 0.0120. The van der Waals surface area contributed by atoms with Crippen molar-refractivity contribution < 1.29 is 9.59 Å². The standard InChI is InChI=1S/C15H23N5O2/c1-12(21)20-7-6-19(11-14-8-16-4-5-17-14)9-13(10-20)15(22)18(2)3/h4-5,8,13H,6-7,9-11H2,1-3H3/t13-/m0/s1. The first-order chi connectivity index (χ1) is 10.5. The Hall–Kier alpha value is -2.02. The Morgan fingerprint density at radius 1 is 1.27 bits per heavy atom. The fourth-order valence-electron chi connectivity index (χ4n) is 2.67. The number of hydrogen-bond acceptors (Lipinski definition) is 5. The van der Waals surface area contributed by atoms with Crippen molar-refractivity contribution in [1.82, 2.24) is 24.7 Å². The first kappa shape index (κ1) is 16.4. The molecule has 1 aliphatic rings. The molecule has 1 saturated heterocycles. The van der Waals surface area contributed by atoms with Gasteiger partial charge in [0.2, 0.25) is 11.8 Å². The van der Waals surface area contributed by atoms with Gasteiger partial charge in [0.05, 0.1) is 11.6 Å². The van der Waals surface area contributed by atoms with Crippen molar-refractivity contribution in [3.8, 4) is 0 Å². The van der Waals surface area contributed by atoms with E-state index in [1.807, 2.05) is 0 Å². The Labute approximate surface area is 130 Å². The summed E-state index contributed by atoms with van der Waals surface area (Å²) in [6.07, 6.45) is 5.04. The number of carbonyl (C=O) groups is 2. The monoisotopic (exact) mass is 305 g/mol. The molecule has 2 heterocycles. The summed E-state index contributed by atoms with van der Waals surface area (Å²) >= 11 is 0. The minimum Gasteiger partial charge on any atom is -0.348 e. The molecule has 1 aromatic heterocycles. The van der Waals surface area contributed by atoms with Gasteiger partial charge < -0.3 is 9.80 Å². The molecule has 0 N–H and O–H groups in total. The predicted octanol–water partition coefficient (Wildman–Crippen LogP) is -0.155. The van der Waals surface area contributed by atoms with Gasteiger partial charge in [0.25, 0.3) is 0 Å². The van der Waals surface area contributed by atoms with E-state index in [1.54, 1.807) is 49.4 Å². The van der Waals surface area contributed by atoms with Crippen LogP contribution in [0.4, 0.5) is 0 Å². The zero-order chi connectivity index (χ0) is 16.1. The molecule has 1 aromatic rings. The second kappa shape index (κ2) is 7.31. The summed E-state index contributed by atoms with van der Waals surface area (Å²) in [7, 11) is 3.50. The van der Waals surface area contributed by atoms with Gasteiger partial charge in [-0.25, -0.2) is 0 Å². The number of carbonyl (C=O) groups excluding carboxylic acids is 2. The van der Waals surface area contributed by atoms with Crippen molar-refractivity contribution in [3.63, 3.8) is 0 Å². The van der Waals surface area contributed by atoms with Crippen LogP contribution in [0.15, 0.2) is 18.6 Å². The predicted molar refractivity (Wildman–Crippen MR) is 81.7 cm³/mol. The molecule has 1 fully saturated rings. The van der Waals surface area contributed by atoms with Crippen LogP contribution in [0.25, 0.3) is 0 Å². The van der Waals surface area contributed by atoms with Crippen LogP contribution in [0.2, 0.25) is 0 Å². The molecule has 120 valence electrons. The lowest BCUT2D eigenvalue weighted by Crippen LogP contribution is -2.41. The summed E-state index contributed by atoms with van der Waals surface area (Å²) in [5.41, 5.74) is 0.870. The SMILES string of the molecule is CC(=O)N1CCN(Cc2cnccn2)C[C@H](C(=O)N(C)C)C1. The third-order valence-electron chi connectivity index (χ3n) is 3.84. The molecule has 0 radical (unpaired) electrons. The number of rotatable bonds is 3. The second-order valence-electron chi connectivity index (χ2n) is 5.83. The molecule has 1 atom stereocenters. The Bertz CT molecular complexity index is 520. The summed E-state index contributed by atoms with van der Waals surface area (Å²) in [6, 6.07) is 0. The van der Waals surface area contributed by atoms with Crippen molar-refractivity contribution in [2.24, 2.45) is 5.92 Å². The van der Waals surface area contributed by atoms with Crippen LogP contribution in [0.1, 0.15) is 12.6 Å². The van der Waals surface area contributed by atoms with E-state index in [-0.39, 0.29) is 17.7 Å². The van der Waals surface area contributed by atoms with Gasteiger partial charge in [-0.05, 0) is 0 Å². The molecular formula is C15H23N5O2. The van der Waals surface area contributed by atoms with Crippen molar-refractivity contribution in [2.75, 3.05) is 40.3 Å². The molecule has 22 heavy (non-hydrogen) atoms. The maximum Gasteiger partial charge on any atom is 0.228 e. The van der Waals surface area contributed by atoms with E-state index in [9.17, 15) is 9.59 Å². The van der Waals surface area contributed by atoms with Gasteiger partial charge in [0, 0.05) is 72.3 Å². The van der Waals surface area contributed by atoms with E-state index in [4.69, 9.17) is 0 Å². The molecule has 1 aliphatic heterocycles. The Morgan fingerprint density at radius 2 is 2.05 bits per heavy atom. The highest BCUT2D eigenvalue weighted by Gasteiger charge is 2.30. The van der Waals surface area contributed by atoms with E-state index < -0.39 is 0 Å². The zero-order valence-corrected chi connectivity index (χ0v) is 13.4. The zero-order valence-electron chi connectivity index (χ0n) is 13.4. The van der Waals surface area contributed by atoms with Gasteiger partial charge in [-0.2, -0.15) is 0 Å². The second-order valence-corrected chi connectivity index (χ2v) is 5.83. The molecule has 7 nitrogen and oxygen atoms in total. The first-order valence-electron chi connectivity index (χ1n) is 7.41. The summed E-state index contributed by atoms with van der Waals surface area (Å²) < 4.78 is 0. The van der Waals surface area contributed by atoms with Gasteiger partial charge in [0.1, 0.15) is 0 Å². The van der Waals surface area contributed by atoms with E-state index in [0.29, 0.717) is 26.2 Å². The molecule has 0 bridgehead atoms. The lowest BCUT2D eigenvalue weighted by molar-refractivity contribution is -0.135. The van der Waals surface area contributed by atoms with Crippen LogP contribution in [-0.2, 0) is 16.1 Å². The first-order valence-corrected chi connectivity index (χ1v) is 7.41. The number of aromatic nitrogens is 2. The molecule has 0 aliphatic carbocycles. The average Bonchev–Trinajstić information content (AvgIpc) is 2.70. The third-order valence-corrected chi connectivity index (χ3v) is 3.84. The van der Waals surface area contributed by atoms with Gasteiger partial charge in [-0.15, -0.1) is 0 Å². The van der Waals surface area contributed by atoms with Crippen molar-refractivity contribution in [2.45, 2.75) is 13.5 Å². The lowest BCUT2D eigenvalue weighted by atomic mass is 10.1. The Balaban J connectivity index is 2.11. The highest BCUT2D eigenvalue weighted by molar-refractivity contribution is 5.80. The summed E-state index contributed by atoms with van der Waals surface area (Å²) in [5.74, 6) is -0.145. The van der Waals surface area contributed by atoms with Crippen molar-refractivity contribution in [1.29, 1.82) is 0 Å². The average molecular weight is 305 g/mol. The summed E-state index contributed by atoms with van der Waals surface area (Å²) in [4.78, 5) is 37.9. The smallest absolute Gasteiger partial charge is 0.228 e. The van der Waals surface area contributed by atoms with Gasteiger partial charge >= 0.3 is 0 Å². The third kappa shape index (κ3) is 4.24. The quantitative estimate of drug-likeness (QED) is 0.776. The van der Waals surface area contributed by atoms with Crippen LogP contribution in [0.3, 0.4) is 0 Å². The van der Waals surface area contributed by atoms with Crippen molar-refractivity contribution in [3.05, 3.63) is 24.3 Å². The van der Waals surface area contributed by atoms with E-state index in [1.165, 1.54) is 0 Å². The molecule has 2 rings (SSSR count). The Kier molecular flexibility index (Phi) is 5.43.